The molecule has 0 saturated heterocycles. The second-order valence-corrected chi connectivity index (χ2v) is 8.62. The van der Waals surface area contributed by atoms with E-state index in [0.29, 0.717) is 4.75 Å². The molecule has 0 saturated carbocycles. The van der Waals surface area contributed by atoms with Crippen LogP contribution in [0.4, 0.5) is 0 Å². The summed E-state index contributed by atoms with van der Waals surface area (Å²) in [6.45, 7) is 13.9. The molecule has 2 heteroatoms. The monoisotopic (exact) mass is 248 g/mol. The molecule has 0 radical (unpaired) electrons. The minimum atomic E-state index is 0.419. The number of hydrogen-bond acceptors (Lipinski definition) is 2. The Morgan fingerprint density at radius 3 is 2.07 bits per heavy atom. The van der Waals surface area contributed by atoms with E-state index in [0.717, 1.165) is 11.8 Å². The molecule has 0 bridgehead atoms. The highest BCUT2D eigenvalue weighted by Gasteiger charge is 2.22. The maximum Gasteiger partial charge on any atom is 0.0230 e. The summed E-state index contributed by atoms with van der Waals surface area (Å²) >= 11 is 0. The molecule has 0 N–H and O–H groups in total. The zero-order valence-corrected chi connectivity index (χ0v) is 12.9. The van der Waals surface area contributed by atoms with Gasteiger partial charge in [0, 0.05) is 10.5 Å². The van der Waals surface area contributed by atoms with Crippen molar-refractivity contribution in [2.45, 2.75) is 65.6 Å². The van der Waals surface area contributed by atoms with Crippen molar-refractivity contribution < 1.29 is 0 Å². The molecule has 0 aliphatic heterocycles. The molecule has 15 heavy (non-hydrogen) atoms. The van der Waals surface area contributed by atoms with E-state index in [1.54, 1.807) is 0 Å². The van der Waals surface area contributed by atoms with E-state index in [9.17, 15) is 0 Å². The summed E-state index contributed by atoms with van der Waals surface area (Å²) in [5.41, 5.74) is 0. The van der Waals surface area contributed by atoms with Gasteiger partial charge in [-0.2, -0.15) is 0 Å². The molecule has 0 unspecified atom stereocenters. The topological polar surface area (TPSA) is 0 Å². The minimum absolute atomic E-state index is 0.419. The van der Waals surface area contributed by atoms with E-state index in [1.807, 2.05) is 0 Å². The minimum Gasteiger partial charge on any atom is -0.0936 e. The van der Waals surface area contributed by atoms with Crippen LogP contribution >= 0.6 is 21.6 Å². The molecule has 0 amide bonds. The van der Waals surface area contributed by atoms with Crippen molar-refractivity contribution in [2.24, 2.45) is 11.8 Å². The molecule has 0 aromatic carbocycles. The second-order valence-electron chi connectivity index (χ2n) is 5.55. The molecule has 0 aliphatic carbocycles. The summed E-state index contributed by atoms with van der Waals surface area (Å²) in [6, 6.07) is 0. The first-order chi connectivity index (χ1) is 6.86. The molecule has 0 nitrogen and oxygen atoms in total. The van der Waals surface area contributed by atoms with Crippen molar-refractivity contribution >= 4 is 21.6 Å². The summed E-state index contributed by atoms with van der Waals surface area (Å²) in [7, 11) is 4.12. The van der Waals surface area contributed by atoms with Crippen molar-refractivity contribution in [3.8, 4) is 0 Å². The fourth-order valence-electron chi connectivity index (χ4n) is 1.00. The zero-order valence-electron chi connectivity index (χ0n) is 11.3. The van der Waals surface area contributed by atoms with Gasteiger partial charge in [-0.25, -0.2) is 0 Å². The Balaban J connectivity index is 3.39. The smallest absolute Gasteiger partial charge is 0.0230 e. The van der Waals surface area contributed by atoms with E-state index < -0.39 is 0 Å². The molecule has 92 valence electrons. The SMILES string of the molecule is CC(C)CCCCSSC(C)(C)C(C)C. The van der Waals surface area contributed by atoms with Gasteiger partial charge in [-0.3, -0.25) is 0 Å². The van der Waals surface area contributed by atoms with Crippen LogP contribution in [0.3, 0.4) is 0 Å². The van der Waals surface area contributed by atoms with Gasteiger partial charge in [0.1, 0.15) is 0 Å². The third-order valence-electron chi connectivity index (χ3n) is 2.92. The Bertz CT molecular complexity index is 151. The van der Waals surface area contributed by atoms with Crippen molar-refractivity contribution in [3.63, 3.8) is 0 Å². The summed E-state index contributed by atoms with van der Waals surface area (Å²) in [5.74, 6) is 2.94. The molecule has 0 aromatic heterocycles. The van der Waals surface area contributed by atoms with Gasteiger partial charge >= 0.3 is 0 Å². The van der Waals surface area contributed by atoms with Crippen LogP contribution in [0.1, 0.15) is 60.8 Å². The van der Waals surface area contributed by atoms with Crippen LogP contribution in [0.15, 0.2) is 0 Å². The van der Waals surface area contributed by atoms with E-state index >= 15 is 0 Å². The summed E-state index contributed by atoms with van der Waals surface area (Å²) < 4.78 is 0.419. The van der Waals surface area contributed by atoms with Crippen LogP contribution in [0.25, 0.3) is 0 Å². The van der Waals surface area contributed by atoms with Crippen LogP contribution in [0.5, 0.6) is 0 Å². The predicted molar refractivity (Wildman–Crippen MR) is 77.7 cm³/mol. The van der Waals surface area contributed by atoms with Crippen LogP contribution in [0, 0.1) is 11.8 Å². The highest BCUT2D eigenvalue weighted by molar-refractivity contribution is 8.77. The maximum absolute atomic E-state index is 2.35. The average Bonchev–Trinajstić information content (AvgIpc) is 2.10. The van der Waals surface area contributed by atoms with Crippen LogP contribution in [0.2, 0.25) is 0 Å². The maximum atomic E-state index is 2.35. The first-order valence-electron chi connectivity index (χ1n) is 6.17. The standard InChI is InChI=1S/C13H28S2/c1-11(2)9-7-8-10-14-15-13(5,6)12(3)4/h11-12H,7-10H2,1-6H3. The van der Waals surface area contributed by atoms with Gasteiger partial charge in [0.15, 0.2) is 0 Å². The van der Waals surface area contributed by atoms with Crippen molar-refractivity contribution in [3.05, 3.63) is 0 Å². The molecule has 0 aliphatic rings. The van der Waals surface area contributed by atoms with Crippen LogP contribution in [-0.2, 0) is 0 Å². The highest BCUT2D eigenvalue weighted by Crippen LogP contribution is 2.40. The fraction of sp³-hybridized carbons (Fsp3) is 1.00. The highest BCUT2D eigenvalue weighted by atomic mass is 33.1. The molecule has 0 spiro atoms. The predicted octanol–water partition coefficient (Wildman–Crippen LogP) is 5.63. The lowest BCUT2D eigenvalue weighted by atomic mass is 10.00. The first-order valence-corrected chi connectivity index (χ1v) is 8.48. The summed E-state index contributed by atoms with van der Waals surface area (Å²) in [6.07, 6.45) is 4.16. The summed E-state index contributed by atoms with van der Waals surface area (Å²) in [4.78, 5) is 0. The first kappa shape index (κ1) is 15.7. The van der Waals surface area contributed by atoms with Gasteiger partial charge in [0.05, 0.1) is 0 Å². The number of hydrogen-bond donors (Lipinski definition) is 0. The third-order valence-corrected chi connectivity index (χ3v) is 6.54. The molecule has 0 aromatic rings. The quantitative estimate of drug-likeness (QED) is 0.403. The lowest BCUT2D eigenvalue weighted by molar-refractivity contribution is 0.507. The van der Waals surface area contributed by atoms with Gasteiger partial charge in [-0.1, -0.05) is 62.1 Å². The molecular formula is C13H28S2. The Labute approximate surface area is 105 Å². The van der Waals surface area contributed by atoms with Gasteiger partial charge < -0.3 is 0 Å². The third kappa shape index (κ3) is 8.50. The Morgan fingerprint density at radius 1 is 1.00 bits per heavy atom. The van der Waals surface area contributed by atoms with Crippen molar-refractivity contribution in [1.29, 1.82) is 0 Å². The normalized spacial score (nSPS) is 12.8. The van der Waals surface area contributed by atoms with E-state index in [-0.39, 0.29) is 0 Å². The molecular weight excluding hydrogens is 220 g/mol. The Morgan fingerprint density at radius 2 is 1.60 bits per heavy atom. The van der Waals surface area contributed by atoms with E-state index in [1.165, 1.54) is 25.0 Å². The average molecular weight is 249 g/mol. The molecule has 0 fully saturated rings. The van der Waals surface area contributed by atoms with Crippen LogP contribution in [-0.4, -0.2) is 10.5 Å². The lowest BCUT2D eigenvalue weighted by Crippen LogP contribution is -2.21. The van der Waals surface area contributed by atoms with E-state index in [4.69, 9.17) is 0 Å². The van der Waals surface area contributed by atoms with Crippen molar-refractivity contribution in [2.75, 3.05) is 5.75 Å². The van der Waals surface area contributed by atoms with Crippen LogP contribution < -0.4 is 0 Å². The molecule has 0 atom stereocenters. The molecule has 0 rings (SSSR count). The van der Waals surface area contributed by atoms with Gasteiger partial charge in [-0.05, 0) is 32.1 Å². The number of unbranched alkanes of at least 4 members (excludes halogenated alkanes) is 1. The second kappa shape index (κ2) is 7.89. The Hall–Kier alpha value is 0.700. The van der Waals surface area contributed by atoms with Gasteiger partial charge in [0.25, 0.3) is 0 Å². The van der Waals surface area contributed by atoms with Gasteiger partial charge in [-0.15, -0.1) is 0 Å². The fourth-order valence-corrected chi connectivity index (χ4v) is 4.00. The lowest BCUT2D eigenvalue weighted by Gasteiger charge is -2.27. The largest absolute Gasteiger partial charge is 0.0936 e. The summed E-state index contributed by atoms with van der Waals surface area (Å²) in [5, 5.41) is 0. The Kier molecular flexibility index (Phi) is 8.26. The zero-order chi connectivity index (χ0) is 11.9. The van der Waals surface area contributed by atoms with E-state index in [2.05, 4.69) is 63.1 Å². The van der Waals surface area contributed by atoms with Gasteiger partial charge in [0.2, 0.25) is 0 Å². The molecule has 0 heterocycles. The van der Waals surface area contributed by atoms with Crippen molar-refractivity contribution in [1.82, 2.24) is 0 Å². The number of rotatable bonds is 8.